The van der Waals surface area contributed by atoms with Crippen molar-refractivity contribution < 1.29 is 4.42 Å². The Hall–Kier alpha value is -1.55. The van der Waals surface area contributed by atoms with Gasteiger partial charge >= 0.3 is 0 Å². The number of nitrogens with one attached hydrogen (secondary N) is 2. The van der Waals surface area contributed by atoms with Crippen molar-refractivity contribution in [2.24, 2.45) is 0 Å². The minimum absolute atomic E-state index is 0.533. The van der Waals surface area contributed by atoms with E-state index >= 15 is 0 Å². The van der Waals surface area contributed by atoms with Crippen molar-refractivity contribution in [3.05, 3.63) is 24.6 Å². The zero-order valence-corrected chi connectivity index (χ0v) is 8.36. The summed E-state index contributed by atoms with van der Waals surface area (Å²) in [4.78, 5) is 4.08. The zero-order valence-electron chi connectivity index (χ0n) is 8.36. The predicted molar refractivity (Wildman–Crippen MR) is 58.9 cm³/mol. The van der Waals surface area contributed by atoms with Gasteiger partial charge in [0.15, 0.2) is 12.0 Å². The van der Waals surface area contributed by atoms with Crippen LogP contribution in [0.15, 0.2) is 29.0 Å². The summed E-state index contributed by atoms with van der Waals surface area (Å²) in [5.41, 5.74) is 2.85. The van der Waals surface area contributed by atoms with Crippen LogP contribution in [0.4, 0.5) is 5.69 Å². The molecule has 2 heterocycles. The molecule has 15 heavy (non-hydrogen) atoms. The summed E-state index contributed by atoms with van der Waals surface area (Å²) in [5.74, 6) is 0. The Morgan fingerprint density at radius 3 is 3.33 bits per heavy atom. The summed E-state index contributed by atoms with van der Waals surface area (Å²) in [6.07, 6.45) is 2.65. The van der Waals surface area contributed by atoms with Crippen LogP contribution in [-0.2, 0) is 0 Å². The van der Waals surface area contributed by atoms with Crippen molar-refractivity contribution in [2.45, 2.75) is 12.5 Å². The van der Waals surface area contributed by atoms with Crippen LogP contribution in [0.25, 0.3) is 11.1 Å². The van der Waals surface area contributed by atoms with Crippen molar-refractivity contribution in [1.82, 2.24) is 10.3 Å². The fraction of sp³-hybridized carbons (Fsp3) is 0.364. The van der Waals surface area contributed by atoms with Gasteiger partial charge in [0.25, 0.3) is 0 Å². The Labute approximate surface area is 87.7 Å². The third-order valence-electron chi connectivity index (χ3n) is 2.76. The standard InChI is InChI=1S/C11H13N3O/c1-2-10-11(15-7-13-10)5-8(1)14-9-3-4-12-6-9/h1-2,5,7,9,12,14H,3-4,6H2. The lowest BCUT2D eigenvalue weighted by Crippen LogP contribution is -2.21. The molecule has 4 heteroatoms. The molecule has 0 amide bonds. The summed E-state index contributed by atoms with van der Waals surface area (Å²) >= 11 is 0. The molecule has 2 N–H and O–H groups in total. The number of hydrogen-bond acceptors (Lipinski definition) is 4. The molecule has 1 aromatic heterocycles. The summed E-state index contributed by atoms with van der Waals surface area (Å²) in [5, 5.41) is 6.80. The third kappa shape index (κ3) is 1.68. The monoisotopic (exact) mass is 203 g/mol. The summed E-state index contributed by atoms with van der Waals surface area (Å²) in [6.45, 7) is 2.14. The van der Waals surface area contributed by atoms with Gasteiger partial charge in [-0.25, -0.2) is 4.98 Å². The number of benzene rings is 1. The average Bonchev–Trinajstić information content (AvgIpc) is 2.87. The van der Waals surface area contributed by atoms with Crippen LogP contribution in [0.5, 0.6) is 0 Å². The van der Waals surface area contributed by atoms with E-state index < -0.39 is 0 Å². The van der Waals surface area contributed by atoms with Gasteiger partial charge in [0.1, 0.15) is 5.52 Å². The predicted octanol–water partition coefficient (Wildman–Crippen LogP) is 1.60. The minimum atomic E-state index is 0.533. The Morgan fingerprint density at radius 2 is 2.47 bits per heavy atom. The van der Waals surface area contributed by atoms with Gasteiger partial charge in [-0.2, -0.15) is 0 Å². The zero-order chi connectivity index (χ0) is 10.1. The molecule has 2 aromatic rings. The second kappa shape index (κ2) is 3.55. The number of oxazole rings is 1. The molecule has 0 saturated carbocycles. The van der Waals surface area contributed by atoms with Crippen LogP contribution in [0, 0.1) is 0 Å². The Kier molecular flexibility index (Phi) is 2.07. The van der Waals surface area contributed by atoms with Crippen LogP contribution >= 0.6 is 0 Å². The van der Waals surface area contributed by atoms with Gasteiger partial charge in [-0.1, -0.05) is 0 Å². The van der Waals surface area contributed by atoms with Crippen molar-refractivity contribution in [2.75, 3.05) is 18.4 Å². The van der Waals surface area contributed by atoms with Gasteiger partial charge in [0.05, 0.1) is 0 Å². The maximum Gasteiger partial charge on any atom is 0.181 e. The van der Waals surface area contributed by atoms with E-state index in [2.05, 4.69) is 15.6 Å². The topological polar surface area (TPSA) is 50.1 Å². The maximum atomic E-state index is 5.26. The molecule has 1 saturated heterocycles. The van der Waals surface area contributed by atoms with Crippen LogP contribution in [0.2, 0.25) is 0 Å². The highest BCUT2D eigenvalue weighted by atomic mass is 16.3. The lowest BCUT2D eigenvalue weighted by Gasteiger charge is -2.12. The van der Waals surface area contributed by atoms with Crippen LogP contribution in [0.3, 0.4) is 0 Å². The van der Waals surface area contributed by atoms with Gasteiger partial charge in [0, 0.05) is 24.3 Å². The highest BCUT2D eigenvalue weighted by Gasteiger charge is 2.13. The summed E-state index contributed by atoms with van der Waals surface area (Å²) in [7, 11) is 0. The molecule has 1 unspecified atom stereocenters. The highest BCUT2D eigenvalue weighted by molar-refractivity contribution is 5.76. The highest BCUT2D eigenvalue weighted by Crippen LogP contribution is 2.19. The third-order valence-corrected chi connectivity index (χ3v) is 2.76. The Bertz CT molecular complexity index is 460. The molecule has 4 nitrogen and oxygen atoms in total. The van der Waals surface area contributed by atoms with E-state index in [-0.39, 0.29) is 0 Å². The minimum Gasteiger partial charge on any atom is -0.443 e. The molecular formula is C11H13N3O. The van der Waals surface area contributed by atoms with Crippen molar-refractivity contribution >= 4 is 16.8 Å². The van der Waals surface area contributed by atoms with Crippen molar-refractivity contribution in [3.63, 3.8) is 0 Å². The molecule has 0 bridgehead atoms. The molecule has 1 aromatic carbocycles. The van der Waals surface area contributed by atoms with E-state index in [0.717, 1.165) is 29.9 Å². The molecule has 3 rings (SSSR count). The first-order valence-corrected chi connectivity index (χ1v) is 5.22. The van der Waals surface area contributed by atoms with Crippen molar-refractivity contribution in [3.8, 4) is 0 Å². The van der Waals surface area contributed by atoms with Crippen LogP contribution in [-0.4, -0.2) is 24.1 Å². The van der Waals surface area contributed by atoms with E-state index in [0.29, 0.717) is 6.04 Å². The van der Waals surface area contributed by atoms with Gasteiger partial charge in [-0.15, -0.1) is 0 Å². The van der Waals surface area contributed by atoms with Gasteiger partial charge in [-0.3, -0.25) is 0 Å². The summed E-state index contributed by atoms with van der Waals surface area (Å²) in [6, 6.07) is 6.55. The van der Waals surface area contributed by atoms with Crippen LogP contribution < -0.4 is 10.6 Å². The Balaban J connectivity index is 1.84. The number of anilines is 1. The normalized spacial score (nSPS) is 20.9. The van der Waals surface area contributed by atoms with E-state index in [9.17, 15) is 0 Å². The second-order valence-electron chi connectivity index (χ2n) is 3.87. The average molecular weight is 203 g/mol. The van der Waals surface area contributed by atoms with Gasteiger partial charge < -0.3 is 15.1 Å². The van der Waals surface area contributed by atoms with Crippen molar-refractivity contribution in [1.29, 1.82) is 0 Å². The van der Waals surface area contributed by atoms with E-state index in [1.54, 1.807) is 0 Å². The SMILES string of the molecule is c1nc2ccc(NC3CCNC3)cc2o1. The molecule has 78 valence electrons. The number of fused-ring (bicyclic) bond motifs is 1. The number of nitrogens with zero attached hydrogens (tertiary/aromatic N) is 1. The van der Waals surface area contributed by atoms with Crippen LogP contribution in [0.1, 0.15) is 6.42 Å². The lowest BCUT2D eigenvalue weighted by molar-refractivity contribution is 0.602. The number of aromatic nitrogens is 1. The first-order valence-electron chi connectivity index (χ1n) is 5.22. The number of hydrogen-bond donors (Lipinski definition) is 2. The molecule has 0 spiro atoms. The van der Waals surface area contributed by atoms with E-state index in [1.807, 2.05) is 18.2 Å². The van der Waals surface area contributed by atoms with E-state index in [1.165, 1.54) is 12.8 Å². The molecule has 1 aliphatic rings. The lowest BCUT2D eigenvalue weighted by atomic mass is 10.2. The summed E-state index contributed by atoms with van der Waals surface area (Å²) < 4.78 is 5.26. The molecular weight excluding hydrogens is 190 g/mol. The molecule has 0 radical (unpaired) electrons. The molecule has 0 aliphatic carbocycles. The van der Waals surface area contributed by atoms with Gasteiger partial charge in [-0.05, 0) is 25.1 Å². The Morgan fingerprint density at radius 1 is 1.47 bits per heavy atom. The second-order valence-corrected chi connectivity index (χ2v) is 3.87. The van der Waals surface area contributed by atoms with E-state index in [4.69, 9.17) is 4.42 Å². The first kappa shape index (κ1) is 8.73. The molecule has 1 aliphatic heterocycles. The maximum absolute atomic E-state index is 5.26. The quantitative estimate of drug-likeness (QED) is 0.778. The number of rotatable bonds is 2. The van der Waals surface area contributed by atoms with Gasteiger partial charge in [0.2, 0.25) is 0 Å². The smallest absolute Gasteiger partial charge is 0.181 e. The molecule has 1 atom stereocenters. The first-order chi connectivity index (χ1) is 7.42. The fourth-order valence-corrected chi connectivity index (χ4v) is 1.96. The largest absolute Gasteiger partial charge is 0.443 e. The fourth-order valence-electron chi connectivity index (χ4n) is 1.96. The molecule has 1 fully saturated rings.